The zero-order valence-electron chi connectivity index (χ0n) is 16.5. The quantitative estimate of drug-likeness (QED) is 0.424. The zero-order valence-corrected chi connectivity index (χ0v) is 16.5. The Bertz CT molecular complexity index is 592. The molecule has 0 aromatic heterocycles. The number of hydrogen-bond donors (Lipinski definition) is 2. The molecule has 1 aromatic rings. The summed E-state index contributed by atoms with van der Waals surface area (Å²) < 4.78 is 0. The molecule has 4 heteroatoms. The first-order chi connectivity index (χ1) is 12.5. The molecule has 1 atom stereocenters. The van der Waals surface area contributed by atoms with Crippen LogP contribution < -0.4 is 0 Å². The lowest BCUT2D eigenvalue weighted by Gasteiger charge is -2.20. The third-order valence-corrected chi connectivity index (χ3v) is 5.18. The Balaban J connectivity index is 3.23. The number of carboxylic acid groups (broad SMARTS) is 2. The zero-order chi connectivity index (χ0) is 19.5. The predicted octanol–water partition coefficient (Wildman–Crippen LogP) is 5.96. The van der Waals surface area contributed by atoms with Crippen LogP contribution in [-0.2, 0) is 12.8 Å². The van der Waals surface area contributed by atoms with E-state index >= 15 is 0 Å². The second-order valence-electron chi connectivity index (χ2n) is 7.17. The molecular formula is C22H34O4. The lowest BCUT2D eigenvalue weighted by Crippen LogP contribution is -2.16. The second kappa shape index (κ2) is 11.7. The number of carboxylic acids is 2. The molecule has 0 aliphatic carbocycles. The Morgan fingerprint density at radius 3 is 2.15 bits per heavy atom. The van der Waals surface area contributed by atoms with Gasteiger partial charge in [0.15, 0.2) is 0 Å². The lowest BCUT2D eigenvalue weighted by molar-refractivity contribution is 0.0694. The summed E-state index contributed by atoms with van der Waals surface area (Å²) in [7, 11) is 0. The minimum absolute atomic E-state index is 0.148. The van der Waals surface area contributed by atoms with E-state index in [1.165, 1.54) is 0 Å². The SMILES string of the molecule is CCCCCCc1ccc(C(=O)O)c(CC(CC)CCCC)c1C(=O)O. The van der Waals surface area contributed by atoms with Gasteiger partial charge in [-0.15, -0.1) is 0 Å². The number of aryl methyl sites for hydroxylation is 1. The summed E-state index contributed by atoms with van der Waals surface area (Å²) in [4.78, 5) is 23.7. The molecule has 2 N–H and O–H groups in total. The van der Waals surface area contributed by atoms with Gasteiger partial charge in [0.25, 0.3) is 0 Å². The number of benzene rings is 1. The fourth-order valence-corrected chi connectivity index (χ4v) is 3.56. The summed E-state index contributed by atoms with van der Waals surface area (Å²) in [5.74, 6) is -1.72. The van der Waals surface area contributed by atoms with Crippen molar-refractivity contribution in [1.29, 1.82) is 0 Å². The Morgan fingerprint density at radius 1 is 0.923 bits per heavy atom. The summed E-state index contributed by atoms with van der Waals surface area (Å²) in [5.41, 5.74) is 1.67. The van der Waals surface area contributed by atoms with E-state index in [1.54, 1.807) is 12.1 Å². The van der Waals surface area contributed by atoms with Crippen LogP contribution in [0.4, 0.5) is 0 Å². The minimum atomic E-state index is -1.04. The highest BCUT2D eigenvalue weighted by molar-refractivity contribution is 5.97. The van der Waals surface area contributed by atoms with Crippen LogP contribution in [0, 0.1) is 5.92 Å². The molecule has 0 radical (unpaired) electrons. The molecule has 146 valence electrons. The standard InChI is InChI=1S/C22H34O4/c1-4-7-9-10-12-17-13-14-18(21(23)24)19(20(17)22(25)26)15-16(6-3)11-8-5-2/h13-14,16H,4-12,15H2,1-3H3,(H,23,24)(H,25,26). The first kappa shape index (κ1) is 22.2. The van der Waals surface area contributed by atoms with E-state index in [0.29, 0.717) is 24.3 Å². The van der Waals surface area contributed by atoms with Crippen LogP contribution in [0.25, 0.3) is 0 Å². The van der Waals surface area contributed by atoms with Gasteiger partial charge in [-0.2, -0.15) is 0 Å². The maximum absolute atomic E-state index is 12.0. The van der Waals surface area contributed by atoms with Crippen molar-refractivity contribution in [3.05, 3.63) is 34.4 Å². The summed E-state index contributed by atoms with van der Waals surface area (Å²) in [5, 5.41) is 19.4. The first-order valence-corrected chi connectivity index (χ1v) is 10.1. The number of hydrogen-bond acceptors (Lipinski definition) is 2. The van der Waals surface area contributed by atoms with E-state index < -0.39 is 11.9 Å². The maximum atomic E-state index is 12.0. The Labute approximate surface area is 157 Å². The average molecular weight is 363 g/mol. The molecule has 1 unspecified atom stereocenters. The van der Waals surface area contributed by atoms with Crippen molar-refractivity contribution in [2.75, 3.05) is 0 Å². The van der Waals surface area contributed by atoms with E-state index in [4.69, 9.17) is 0 Å². The number of carbonyl (C=O) groups is 2. The largest absolute Gasteiger partial charge is 0.478 e. The third kappa shape index (κ3) is 6.47. The van der Waals surface area contributed by atoms with Gasteiger partial charge in [-0.25, -0.2) is 9.59 Å². The normalized spacial score (nSPS) is 12.1. The minimum Gasteiger partial charge on any atom is -0.478 e. The monoisotopic (exact) mass is 362 g/mol. The van der Waals surface area contributed by atoms with Crippen LogP contribution in [0.5, 0.6) is 0 Å². The van der Waals surface area contributed by atoms with Crippen molar-refractivity contribution in [3.8, 4) is 0 Å². The van der Waals surface area contributed by atoms with E-state index in [1.807, 2.05) is 0 Å². The maximum Gasteiger partial charge on any atom is 0.336 e. The topological polar surface area (TPSA) is 74.6 Å². The third-order valence-electron chi connectivity index (χ3n) is 5.18. The van der Waals surface area contributed by atoms with Gasteiger partial charge >= 0.3 is 11.9 Å². The molecule has 0 saturated heterocycles. The van der Waals surface area contributed by atoms with Crippen molar-refractivity contribution in [1.82, 2.24) is 0 Å². The molecule has 0 spiro atoms. The number of unbranched alkanes of at least 4 members (excludes halogenated alkanes) is 4. The summed E-state index contributed by atoms with van der Waals surface area (Å²) in [6.07, 6.45) is 9.60. The summed E-state index contributed by atoms with van der Waals surface area (Å²) in [6, 6.07) is 3.31. The van der Waals surface area contributed by atoms with Gasteiger partial charge in [-0.05, 0) is 42.4 Å². The Kier molecular flexibility index (Phi) is 10.0. The van der Waals surface area contributed by atoms with Gasteiger partial charge in [0.05, 0.1) is 11.1 Å². The Hall–Kier alpha value is -1.84. The molecule has 26 heavy (non-hydrogen) atoms. The van der Waals surface area contributed by atoms with E-state index in [9.17, 15) is 19.8 Å². The molecule has 0 bridgehead atoms. The molecular weight excluding hydrogens is 328 g/mol. The van der Waals surface area contributed by atoms with Crippen molar-refractivity contribution >= 4 is 11.9 Å². The highest BCUT2D eigenvalue weighted by atomic mass is 16.4. The van der Waals surface area contributed by atoms with Gasteiger partial charge in [-0.1, -0.05) is 71.8 Å². The van der Waals surface area contributed by atoms with Crippen LogP contribution in [0.2, 0.25) is 0 Å². The molecule has 0 saturated carbocycles. The van der Waals surface area contributed by atoms with Gasteiger partial charge in [0, 0.05) is 0 Å². The highest BCUT2D eigenvalue weighted by Gasteiger charge is 2.24. The van der Waals surface area contributed by atoms with Crippen molar-refractivity contribution in [3.63, 3.8) is 0 Å². The van der Waals surface area contributed by atoms with Gasteiger partial charge in [-0.3, -0.25) is 0 Å². The van der Waals surface area contributed by atoms with Crippen molar-refractivity contribution < 1.29 is 19.8 Å². The van der Waals surface area contributed by atoms with Crippen LogP contribution >= 0.6 is 0 Å². The fourth-order valence-electron chi connectivity index (χ4n) is 3.56. The molecule has 0 fully saturated rings. The number of aromatic carboxylic acids is 2. The number of rotatable bonds is 13. The molecule has 0 amide bonds. The van der Waals surface area contributed by atoms with Crippen molar-refractivity contribution in [2.45, 2.75) is 85.0 Å². The molecule has 4 nitrogen and oxygen atoms in total. The summed E-state index contributed by atoms with van der Waals surface area (Å²) >= 11 is 0. The van der Waals surface area contributed by atoms with E-state index in [2.05, 4.69) is 20.8 Å². The average Bonchev–Trinajstić information content (AvgIpc) is 2.61. The van der Waals surface area contributed by atoms with Gasteiger partial charge < -0.3 is 10.2 Å². The van der Waals surface area contributed by atoms with Crippen LogP contribution in [-0.4, -0.2) is 22.2 Å². The van der Waals surface area contributed by atoms with E-state index in [0.717, 1.165) is 56.9 Å². The molecule has 1 rings (SSSR count). The highest BCUT2D eigenvalue weighted by Crippen LogP contribution is 2.27. The van der Waals surface area contributed by atoms with Crippen LogP contribution in [0.15, 0.2) is 12.1 Å². The van der Waals surface area contributed by atoms with E-state index in [-0.39, 0.29) is 11.1 Å². The second-order valence-corrected chi connectivity index (χ2v) is 7.17. The first-order valence-electron chi connectivity index (χ1n) is 10.1. The molecule has 0 aliphatic rings. The summed E-state index contributed by atoms with van der Waals surface area (Å²) in [6.45, 7) is 6.37. The van der Waals surface area contributed by atoms with Gasteiger partial charge in [0.1, 0.15) is 0 Å². The molecule has 0 aliphatic heterocycles. The smallest absolute Gasteiger partial charge is 0.336 e. The van der Waals surface area contributed by atoms with Crippen LogP contribution in [0.1, 0.15) is 104 Å². The van der Waals surface area contributed by atoms with Crippen LogP contribution in [0.3, 0.4) is 0 Å². The Morgan fingerprint density at radius 2 is 1.62 bits per heavy atom. The fraction of sp³-hybridized carbons (Fsp3) is 0.636. The molecule has 1 aromatic carbocycles. The van der Waals surface area contributed by atoms with Crippen molar-refractivity contribution in [2.24, 2.45) is 5.92 Å². The lowest BCUT2D eigenvalue weighted by atomic mass is 9.84. The molecule has 0 heterocycles. The van der Waals surface area contributed by atoms with Gasteiger partial charge in [0.2, 0.25) is 0 Å². The predicted molar refractivity (Wildman–Crippen MR) is 105 cm³/mol.